The summed E-state index contributed by atoms with van der Waals surface area (Å²) in [4.78, 5) is 26.1. The number of aromatic nitrogens is 2. The van der Waals surface area contributed by atoms with E-state index in [1.165, 1.54) is 23.2 Å². The van der Waals surface area contributed by atoms with Crippen LogP contribution in [-0.4, -0.2) is 60.2 Å². The van der Waals surface area contributed by atoms with Crippen LogP contribution in [0.15, 0.2) is 48.7 Å². The molecule has 2 amide bonds. The Labute approximate surface area is 239 Å². The zero-order chi connectivity index (χ0) is 28.9. The van der Waals surface area contributed by atoms with Crippen LogP contribution in [-0.2, 0) is 15.7 Å². The lowest BCUT2D eigenvalue weighted by molar-refractivity contribution is -0.141. The summed E-state index contributed by atoms with van der Waals surface area (Å²) in [6, 6.07) is 9.15. The number of hydrogen-bond donors (Lipinski definition) is 1. The van der Waals surface area contributed by atoms with Gasteiger partial charge >= 0.3 is 12.2 Å². The van der Waals surface area contributed by atoms with Crippen molar-refractivity contribution in [1.82, 2.24) is 9.97 Å². The fraction of sp³-hybridized carbons (Fsp3) is 0.393. The number of halogens is 4. The molecular weight excluding hydrogens is 563 g/mol. The second-order valence-corrected chi connectivity index (χ2v) is 11.0. The van der Waals surface area contributed by atoms with E-state index in [0.29, 0.717) is 55.8 Å². The van der Waals surface area contributed by atoms with Gasteiger partial charge < -0.3 is 19.1 Å². The number of nitrogens with zero attached hydrogens (tertiary/aromatic N) is 4. The lowest BCUT2D eigenvalue weighted by atomic mass is 10.1. The van der Waals surface area contributed by atoms with E-state index in [2.05, 4.69) is 20.2 Å². The molecule has 41 heavy (non-hydrogen) atoms. The Morgan fingerprint density at radius 2 is 2.07 bits per heavy atom. The third kappa shape index (κ3) is 5.64. The van der Waals surface area contributed by atoms with Crippen LogP contribution in [0.4, 0.5) is 35.3 Å². The third-order valence-corrected chi connectivity index (χ3v) is 7.48. The molecule has 0 aliphatic carbocycles. The van der Waals surface area contributed by atoms with Gasteiger partial charge in [0, 0.05) is 18.7 Å². The summed E-state index contributed by atoms with van der Waals surface area (Å²) in [5.74, 6) is 0.499. The van der Waals surface area contributed by atoms with Gasteiger partial charge in [0.25, 0.3) is 0 Å². The van der Waals surface area contributed by atoms with Crippen LogP contribution in [0.5, 0.6) is 5.75 Å². The molecule has 1 N–H and O–H groups in total. The van der Waals surface area contributed by atoms with Gasteiger partial charge in [0.05, 0.1) is 40.8 Å². The molecule has 1 unspecified atom stereocenters. The number of alkyl halides is 3. The minimum atomic E-state index is -4.52. The highest BCUT2D eigenvalue weighted by Crippen LogP contribution is 2.43. The van der Waals surface area contributed by atoms with E-state index in [1.54, 1.807) is 18.2 Å². The number of benzene rings is 1. The van der Waals surface area contributed by atoms with Crippen molar-refractivity contribution in [1.29, 1.82) is 0 Å². The molecule has 3 aliphatic rings. The number of ether oxygens (including phenoxy) is 3. The van der Waals surface area contributed by atoms with Crippen molar-refractivity contribution in [3.63, 3.8) is 0 Å². The number of carbonyl (C=O) groups excluding carboxylic acids is 1. The van der Waals surface area contributed by atoms with Crippen molar-refractivity contribution in [3.05, 3.63) is 59.2 Å². The Morgan fingerprint density at radius 1 is 1.24 bits per heavy atom. The molecule has 2 saturated heterocycles. The van der Waals surface area contributed by atoms with Gasteiger partial charge in [-0.25, -0.2) is 14.8 Å². The Bertz CT molecular complexity index is 1470. The maximum absolute atomic E-state index is 13.6. The van der Waals surface area contributed by atoms with E-state index in [0.717, 1.165) is 12.1 Å². The van der Waals surface area contributed by atoms with Gasteiger partial charge in [0.1, 0.15) is 24.3 Å². The summed E-state index contributed by atoms with van der Waals surface area (Å²) < 4.78 is 57.1. The van der Waals surface area contributed by atoms with E-state index in [1.807, 2.05) is 13.8 Å². The molecule has 2 atom stereocenters. The first-order valence-corrected chi connectivity index (χ1v) is 13.5. The number of amides is 2. The van der Waals surface area contributed by atoms with E-state index in [9.17, 15) is 18.0 Å². The van der Waals surface area contributed by atoms with E-state index in [-0.39, 0.29) is 28.4 Å². The Morgan fingerprint density at radius 3 is 2.78 bits per heavy atom. The van der Waals surface area contributed by atoms with E-state index < -0.39 is 23.6 Å². The zero-order valence-corrected chi connectivity index (χ0v) is 23.0. The molecule has 13 heteroatoms. The van der Waals surface area contributed by atoms with Crippen molar-refractivity contribution >= 4 is 35.0 Å². The SMILES string of the molecule is CC1(C)OCC(COc2ccc(NC(=O)N3c4nc(-c5cccc(C(F)(F)F)c5)c(Cl)cc4N4CC[C@H]3C4)nc2)O1. The lowest BCUT2D eigenvalue weighted by Gasteiger charge is -2.36. The zero-order valence-electron chi connectivity index (χ0n) is 22.2. The molecular formula is C28H27ClF3N5O4. The van der Waals surface area contributed by atoms with Crippen LogP contribution in [0.3, 0.4) is 0 Å². The summed E-state index contributed by atoms with van der Waals surface area (Å²) in [5.41, 5.74) is 0.204. The average molecular weight is 590 g/mol. The Kier molecular flexibility index (Phi) is 6.95. The average Bonchev–Trinajstić information content (AvgIpc) is 3.51. The molecule has 9 nitrogen and oxygen atoms in total. The highest BCUT2D eigenvalue weighted by Gasteiger charge is 2.41. The van der Waals surface area contributed by atoms with Crippen LogP contribution in [0, 0.1) is 0 Å². The molecule has 2 aromatic heterocycles. The molecule has 2 fully saturated rings. The number of pyridine rings is 2. The minimum Gasteiger partial charge on any atom is -0.489 e. The number of rotatable bonds is 5. The molecule has 3 aromatic rings. The van der Waals surface area contributed by atoms with Crippen molar-refractivity contribution in [3.8, 4) is 17.0 Å². The fourth-order valence-electron chi connectivity index (χ4n) is 5.27. The molecule has 2 bridgehead atoms. The van der Waals surface area contributed by atoms with Crippen molar-refractivity contribution in [2.24, 2.45) is 0 Å². The molecule has 6 rings (SSSR count). The summed E-state index contributed by atoms with van der Waals surface area (Å²) >= 11 is 6.53. The highest BCUT2D eigenvalue weighted by atomic mass is 35.5. The van der Waals surface area contributed by atoms with Gasteiger partial charge in [0.2, 0.25) is 0 Å². The first kappa shape index (κ1) is 27.6. The summed E-state index contributed by atoms with van der Waals surface area (Å²) in [5, 5.41) is 3.01. The lowest BCUT2D eigenvalue weighted by Crippen LogP contribution is -2.48. The van der Waals surface area contributed by atoms with Gasteiger partial charge in [-0.3, -0.25) is 10.2 Å². The number of urea groups is 1. The van der Waals surface area contributed by atoms with Crippen LogP contribution < -0.4 is 19.9 Å². The number of carbonyl (C=O) groups is 1. The van der Waals surface area contributed by atoms with Gasteiger partial charge in [0.15, 0.2) is 11.6 Å². The van der Waals surface area contributed by atoms with Crippen molar-refractivity contribution in [2.45, 2.75) is 44.4 Å². The largest absolute Gasteiger partial charge is 0.489 e. The monoisotopic (exact) mass is 589 g/mol. The van der Waals surface area contributed by atoms with Crippen molar-refractivity contribution < 1.29 is 32.2 Å². The van der Waals surface area contributed by atoms with Crippen LogP contribution in [0.1, 0.15) is 25.8 Å². The molecule has 0 radical (unpaired) electrons. The second kappa shape index (κ2) is 10.3. The van der Waals surface area contributed by atoms with Gasteiger partial charge in [-0.1, -0.05) is 23.7 Å². The van der Waals surface area contributed by atoms with E-state index >= 15 is 0 Å². The second-order valence-electron chi connectivity index (χ2n) is 10.6. The predicted octanol–water partition coefficient (Wildman–Crippen LogP) is 5.98. The minimum absolute atomic E-state index is 0.163. The highest BCUT2D eigenvalue weighted by molar-refractivity contribution is 6.33. The van der Waals surface area contributed by atoms with Gasteiger partial charge in [-0.05, 0) is 50.6 Å². The number of nitrogens with one attached hydrogen (secondary N) is 1. The summed E-state index contributed by atoms with van der Waals surface area (Å²) in [6.45, 7) is 5.68. The normalized spacial score (nSPS) is 21.1. The standard InChI is InChI=1S/C28H27ClF3N5O4/c1-27(2)40-15-20(41-27)14-39-19-6-7-23(33-12-19)34-26(38)37-18-8-9-36(13-18)22-11-21(29)24(35-25(22)37)16-4-3-5-17(10-16)28(30,31)32/h3-7,10-12,18,20H,8-9,13-15H2,1-2H3,(H,33,34,38)/t18-,20?/m0/s1. The first-order valence-electron chi connectivity index (χ1n) is 13.1. The van der Waals surface area contributed by atoms with Gasteiger partial charge in [-0.15, -0.1) is 0 Å². The molecule has 0 spiro atoms. The van der Waals surface area contributed by atoms with Gasteiger partial charge in [-0.2, -0.15) is 13.2 Å². The third-order valence-electron chi connectivity index (χ3n) is 7.19. The smallest absolute Gasteiger partial charge is 0.416 e. The summed E-state index contributed by atoms with van der Waals surface area (Å²) in [6.07, 6.45) is -2.51. The first-order chi connectivity index (χ1) is 19.5. The topological polar surface area (TPSA) is 89.1 Å². The molecule has 1 aromatic carbocycles. The van der Waals surface area contributed by atoms with Crippen LogP contribution >= 0.6 is 11.6 Å². The molecule has 3 aliphatic heterocycles. The number of hydrogen-bond acceptors (Lipinski definition) is 7. The van der Waals surface area contributed by atoms with Crippen LogP contribution in [0.25, 0.3) is 11.3 Å². The molecule has 5 heterocycles. The Balaban J connectivity index is 1.21. The Hall–Kier alpha value is -3.61. The fourth-order valence-corrected chi connectivity index (χ4v) is 5.53. The number of fused-ring (bicyclic) bond motifs is 4. The van der Waals surface area contributed by atoms with E-state index in [4.69, 9.17) is 25.8 Å². The predicted molar refractivity (Wildman–Crippen MR) is 146 cm³/mol. The van der Waals surface area contributed by atoms with Crippen LogP contribution in [0.2, 0.25) is 5.02 Å². The maximum Gasteiger partial charge on any atom is 0.416 e. The van der Waals surface area contributed by atoms with Crippen molar-refractivity contribution in [2.75, 3.05) is 41.4 Å². The quantitative estimate of drug-likeness (QED) is 0.392. The molecule has 0 saturated carbocycles. The molecule has 216 valence electrons. The maximum atomic E-state index is 13.6. The number of anilines is 3. The summed E-state index contributed by atoms with van der Waals surface area (Å²) in [7, 11) is 0.